The Hall–Kier alpha value is -2.83. The average Bonchev–Trinajstić information content (AvgIpc) is 3.00. The molecule has 25 heavy (non-hydrogen) atoms. The molecule has 0 aliphatic carbocycles. The van der Waals surface area contributed by atoms with E-state index in [9.17, 15) is 4.79 Å². The molecule has 0 fully saturated rings. The van der Waals surface area contributed by atoms with E-state index in [2.05, 4.69) is 20.4 Å². The molecule has 1 aromatic carbocycles. The Labute approximate surface area is 146 Å². The number of H-pyrrole nitrogens is 1. The molecule has 7 heteroatoms. The van der Waals surface area contributed by atoms with Gasteiger partial charge in [-0.15, -0.1) is 0 Å². The molecular formula is C18H23N5O2. The van der Waals surface area contributed by atoms with Crippen molar-refractivity contribution < 1.29 is 4.74 Å². The van der Waals surface area contributed by atoms with Crippen molar-refractivity contribution >= 4 is 17.0 Å². The van der Waals surface area contributed by atoms with Gasteiger partial charge >= 0.3 is 0 Å². The molecule has 0 spiro atoms. The number of aromatic amines is 1. The van der Waals surface area contributed by atoms with Crippen LogP contribution in [-0.2, 0) is 12.0 Å². The summed E-state index contributed by atoms with van der Waals surface area (Å²) in [6.45, 7) is 6.70. The van der Waals surface area contributed by atoms with E-state index in [-0.39, 0.29) is 11.1 Å². The molecule has 0 bridgehead atoms. The number of benzene rings is 1. The van der Waals surface area contributed by atoms with Crippen LogP contribution < -0.4 is 15.6 Å². The summed E-state index contributed by atoms with van der Waals surface area (Å²) in [5, 5.41) is 7.98. The van der Waals surface area contributed by atoms with Crippen LogP contribution in [0.25, 0.3) is 11.0 Å². The van der Waals surface area contributed by atoms with Crippen LogP contribution in [0, 0.1) is 0 Å². The number of ether oxygens (including phenoxy) is 1. The van der Waals surface area contributed by atoms with Gasteiger partial charge < -0.3 is 10.1 Å². The molecule has 132 valence electrons. The third-order valence-electron chi connectivity index (χ3n) is 3.95. The third-order valence-corrected chi connectivity index (χ3v) is 3.95. The fourth-order valence-electron chi connectivity index (χ4n) is 2.72. The van der Waals surface area contributed by atoms with Crippen molar-refractivity contribution in [2.75, 3.05) is 19.0 Å². The number of fused-ring (bicyclic) bond motifs is 1. The van der Waals surface area contributed by atoms with Crippen LogP contribution in [0.3, 0.4) is 0 Å². The number of aromatic nitrogens is 4. The van der Waals surface area contributed by atoms with Crippen molar-refractivity contribution in [3.05, 3.63) is 46.4 Å². The first-order valence-corrected chi connectivity index (χ1v) is 8.24. The topological polar surface area (TPSA) is 84.8 Å². The number of nitrogens with zero attached hydrogens (tertiary/aromatic N) is 3. The van der Waals surface area contributed by atoms with E-state index in [0.717, 1.165) is 17.7 Å². The molecule has 2 aromatic heterocycles. The monoisotopic (exact) mass is 341 g/mol. The number of hydrogen-bond acceptors (Lipinski definition) is 5. The van der Waals surface area contributed by atoms with Crippen molar-refractivity contribution in [1.29, 1.82) is 0 Å². The third kappa shape index (κ3) is 3.50. The molecule has 2 N–H and O–H groups in total. The summed E-state index contributed by atoms with van der Waals surface area (Å²) in [7, 11) is 1.66. The second kappa shape index (κ2) is 6.58. The lowest BCUT2D eigenvalue weighted by Crippen LogP contribution is -2.24. The molecule has 0 unspecified atom stereocenters. The van der Waals surface area contributed by atoms with E-state index in [1.807, 2.05) is 45.0 Å². The van der Waals surface area contributed by atoms with E-state index < -0.39 is 0 Å². The molecule has 0 saturated heterocycles. The minimum Gasteiger partial charge on any atom is -0.496 e. The van der Waals surface area contributed by atoms with Gasteiger partial charge in [0.2, 0.25) is 5.95 Å². The highest BCUT2D eigenvalue weighted by Gasteiger charge is 2.19. The highest BCUT2D eigenvalue weighted by Crippen LogP contribution is 2.19. The first-order chi connectivity index (χ1) is 11.9. The Kier molecular flexibility index (Phi) is 4.48. The summed E-state index contributed by atoms with van der Waals surface area (Å²) in [5.41, 5.74) is 1.23. The van der Waals surface area contributed by atoms with E-state index in [1.165, 1.54) is 0 Å². The highest BCUT2D eigenvalue weighted by molar-refractivity contribution is 5.74. The zero-order chi connectivity index (χ0) is 18.0. The van der Waals surface area contributed by atoms with Crippen LogP contribution in [-0.4, -0.2) is 33.4 Å². The number of anilines is 1. The molecule has 7 nitrogen and oxygen atoms in total. The maximum atomic E-state index is 12.3. The van der Waals surface area contributed by atoms with Crippen LogP contribution in [0.2, 0.25) is 0 Å². The molecule has 0 aliphatic heterocycles. The zero-order valence-corrected chi connectivity index (χ0v) is 15.0. The van der Waals surface area contributed by atoms with E-state index in [1.54, 1.807) is 18.0 Å². The summed E-state index contributed by atoms with van der Waals surface area (Å²) >= 11 is 0. The Balaban J connectivity index is 1.81. The normalized spacial score (nSPS) is 11.7. The smallest absolute Gasteiger partial charge is 0.263 e. The second-order valence-corrected chi connectivity index (χ2v) is 6.87. The minimum atomic E-state index is -0.253. The lowest BCUT2D eigenvalue weighted by atomic mass is 10.1. The van der Waals surface area contributed by atoms with Gasteiger partial charge in [-0.05, 0) is 38.8 Å². The molecule has 2 heterocycles. The van der Waals surface area contributed by atoms with E-state index in [0.29, 0.717) is 23.5 Å². The second-order valence-electron chi connectivity index (χ2n) is 6.87. The first-order valence-electron chi connectivity index (χ1n) is 8.24. The molecule has 0 amide bonds. The lowest BCUT2D eigenvalue weighted by molar-refractivity contribution is 0.366. The molecular weight excluding hydrogens is 318 g/mol. The first kappa shape index (κ1) is 17.0. The Morgan fingerprint density at radius 1 is 1.28 bits per heavy atom. The summed E-state index contributed by atoms with van der Waals surface area (Å²) < 4.78 is 7.12. The Bertz CT molecular complexity index is 937. The van der Waals surface area contributed by atoms with Crippen LogP contribution >= 0.6 is 0 Å². The summed E-state index contributed by atoms with van der Waals surface area (Å²) in [4.78, 5) is 19.6. The van der Waals surface area contributed by atoms with Crippen molar-refractivity contribution in [3.8, 4) is 5.75 Å². The number of nitrogens with one attached hydrogen (secondary N) is 2. The van der Waals surface area contributed by atoms with Gasteiger partial charge in [0, 0.05) is 6.54 Å². The van der Waals surface area contributed by atoms with Crippen molar-refractivity contribution in [1.82, 2.24) is 19.7 Å². The van der Waals surface area contributed by atoms with Gasteiger partial charge in [0.15, 0.2) is 5.65 Å². The van der Waals surface area contributed by atoms with Crippen molar-refractivity contribution in [2.24, 2.45) is 0 Å². The van der Waals surface area contributed by atoms with Gasteiger partial charge in [0.25, 0.3) is 5.56 Å². The maximum Gasteiger partial charge on any atom is 0.263 e. The van der Waals surface area contributed by atoms with Gasteiger partial charge in [0.05, 0.1) is 18.8 Å². The number of rotatable bonds is 5. The Morgan fingerprint density at radius 2 is 2.04 bits per heavy atom. The summed E-state index contributed by atoms with van der Waals surface area (Å²) in [6, 6.07) is 7.88. The average molecular weight is 341 g/mol. The molecule has 0 aliphatic rings. The number of para-hydroxylation sites is 1. The zero-order valence-electron chi connectivity index (χ0n) is 15.0. The van der Waals surface area contributed by atoms with Crippen LogP contribution in [0.15, 0.2) is 35.3 Å². The molecule has 0 saturated carbocycles. The SMILES string of the molecule is COc1ccccc1CCNc1nc2c(cnn2C(C)(C)C)c(=O)[nH]1. The maximum absolute atomic E-state index is 12.3. The van der Waals surface area contributed by atoms with Gasteiger partial charge in [-0.25, -0.2) is 4.68 Å². The molecule has 0 radical (unpaired) electrons. The molecule has 3 rings (SSSR count). The predicted molar refractivity (Wildman–Crippen MR) is 98.3 cm³/mol. The standard InChI is InChI=1S/C18H23N5O2/c1-18(2,3)23-15-13(11-20-23)16(24)22-17(21-15)19-10-9-12-7-5-6-8-14(12)25-4/h5-8,11H,9-10H2,1-4H3,(H2,19,21,22,24). The van der Waals surface area contributed by atoms with Crippen LogP contribution in [0.5, 0.6) is 5.75 Å². The molecule has 3 aromatic rings. The van der Waals surface area contributed by atoms with Gasteiger partial charge in [-0.1, -0.05) is 18.2 Å². The molecule has 0 atom stereocenters. The van der Waals surface area contributed by atoms with Crippen molar-refractivity contribution in [2.45, 2.75) is 32.7 Å². The summed E-state index contributed by atoms with van der Waals surface area (Å²) in [6.07, 6.45) is 2.31. The fraction of sp³-hybridized carbons (Fsp3) is 0.389. The van der Waals surface area contributed by atoms with Gasteiger partial charge in [-0.3, -0.25) is 9.78 Å². The van der Waals surface area contributed by atoms with Crippen LogP contribution in [0.1, 0.15) is 26.3 Å². The quantitative estimate of drug-likeness (QED) is 0.745. The van der Waals surface area contributed by atoms with E-state index >= 15 is 0 Å². The minimum absolute atomic E-state index is 0.194. The largest absolute Gasteiger partial charge is 0.496 e. The highest BCUT2D eigenvalue weighted by atomic mass is 16.5. The number of hydrogen-bond donors (Lipinski definition) is 2. The van der Waals surface area contributed by atoms with Gasteiger partial charge in [-0.2, -0.15) is 10.1 Å². The number of methoxy groups -OCH3 is 1. The summed E-state index contributed by atoms with van der Waals surface area (Å²) in [5.74, 6) is 1.30. The fourth-order valence-corrected chi connectivity index (χ4v) is 2.72. The predicted octanol–water partition coefficient (Wildman–Crippen LogP) is 2.54. The van der Waals surface area contributed by atoms with Gasteiger partial charge in [0.1, 0.15) is 11.1 Å². The van der Waals surface area contributed by atoms with E-state index in [4.69, 9.17) is 4.74 Å². The van der Waals surface area contributed by atoms with Crippen molar-refractivity contribution in [3.63, 3.8) is 0 Å². The Morgan fingerprint density at radius 3 is 2.76 bits per heavy atom. The van der Waals surface area contributed by atoms with Crippen LogP contribution in [0.4, 0.5) is 5.95 Å². The lowest BCUT2D eigenvalue weighted by Gasteiger charge is -2.19.